The van der Waals surface area contributed by atoms with Crippen molar-refractivity contribution < 1.29 is 19.1 Å². The molecule has 0 spiro atoms. The van der Waals surface area contributed by atoms with Crippen molar-refractivity contribution in [3.8, 4) is 5.88 Å². The lowest BCUT2D eigenvalue weighted by molar-refractivity contribution is -0.122. The number of rotatable bonds is 7. The van der Waals surface area contributed by atoms with Crippen LogP contribution in [0.4, 0.5) is 10.5 Å². The van der Waals surface area contributed by atoms with E-state index in [1.54, 1.807) is 17.0 Å². The Labute approximate surface area is 218 Å². The van der Waals surface area contributed by atoms with E-state index in [4.69, 9.17) is 4.74 Å². The van der Waals surface area contributed by atoms with Gasteiger partial charge in [-0.2, -0.15) is 0 Å². The number of nitrogens with zero attached hydrogens (tertiary/aromatic N) is 4. The van der Waals surface area contributed by atoms with Crippen LogP contribution in [0.5, 0.6) is 5.88 Å². The van der Waals surface area contributed by atoms with E-state index in [1.807, 2.05) is 6.07 Å². The Hall–Kier alpha value is -3.26. The number of likely N-dealkylation sites (tertiary alicyclic amines) is 1. The summed E-state index contributed by atoms with van der Waals surface area (Å²) in [5, 5.41) is 0. The van der Waals surface area contributed by atoms with Crippen LogP contribution >= 0.6 is 0 Å². The highest BCUT2D eigenvalue weighted by molar-refractivity contribution is 6.22. The van der Waals surface area contributed by atoms with Crippen molar-refractivity contribution in [2.45, 2.75) is 51.5 Å². The van der Waals surface area contributed by atoms with Gasteiger partial charge in [0.2, 0.25) is 17.7 Å². The zero-order chi connectivity index (χ0) is 25.8. The predicted molar refractivity (Wildman–Crippen MR) is 140 cm³/mol. The molecule has 1 aromatic carbocycles. The molecule has 2 atom stereocenters. The highest BCUT2D eigenvalue weighted by Gasteiger charge is 2.48. The van der Waals surface area contributed by atoms with Gasteiger partial charge in [-0.05, 0) is 63.2 Å². The van der Waals surface area contributed by atoms with Crippen molar-refractivity contribution in [2.75, 3.05) is 31.6 Å². The van der Waals surface area contributed by atoms with Crippen LogP contribution in [0.1, 0.15) is 50.5 Å². The molecule has 1 aliphatic carbocycles. The van der Waals surface area contributed by atoms with Gasteiger partial charge in [-0.1, -0.05) is 43.2 Å². The first-order valence-corrected chi connectivity index (χ1v) is 13.5. The van der Waals surface area contributed by atoms with E-state index in [-0.39, 0.29) is 29.5 Å². The molecule has 2 saturated heterocycles. The average molecular weight is 505 g/mol. The number of ether oxygens (including phenoxy) is 1. The van der Waals surface area contributed by atoms with Gasteiger partial charge < -0.3 is 14.5 Å². The largest absolute Gasteiger partial charge is 0.416 e. The van der Waals surface area contributed by atoms with Gasteiger partial charge in [0.05, 0.1) is 23.7 Å². The van der Waals surface area contributed by atoms with Crippen LogP contribution in [0.25, 0.3) is 0 Å². The lowest BCUT2D eigenvalue weighted by Gasteiger charge is -2.32. The Bertz CT molecular complexity index is 1070. The lowest BCUT2D eigenvalue weighted by Crippen LogP contribution is -2.40. The molecule has 3 heterocycles. The second kappa shape index (κ2) is 11.4. The van der Waals surface area contributed by atoms with Crippen LogP contribution in [0.2, 0.25) is 0 Å². The summed E-state index contributed by atoms with van der Waals surface area (Å²) in [6.07, 6.45) is 7.61. The van der Waals surface area contributed by atoms with Gasteiger partial charge in [-0.15, -0.1) is 0 Å². The molecule has 3 aliphatic rings. The number of amides is 3. The number of carbonyl (C=O) groups excluding carboxylic acids is 3. The van der Waals surface area contributed by atoms with Crippen molar-refractivity contribution in [3.05, 3.63) is 54.2 Å². The van der Waals surface area contributed by atoms with Gasteiger partial charge in [0.15, 0.2) is 0 Å². The topological polar surface area (TPSA) is 83.0 Å². The number of carbonyl (C=O) groups is 3. The number of aromatic nitrogens is 1. The molecule has 1 saturated carbocycles. The minimum atomic E-state index is -0.403. The second-order valence-electron chi connectivity index (χ2n) is 10.7. The van der Waals surface area contributed by atoms with Crippen LogP contribution < -0.4 is 9.64 Å². The van der Waals surface area contributed by atoms with Gasteiger partial charge in [0.1, 0.15) is 0 Å². The quantitative estimate of drug-likeness (QED) is 0.517. The Morgan fingerprint density at radius 2 is 1.65 bits per heavy atom. The average Bonchev–Trinajstić information content (AvgIpc) is 3.18. The smallest absolute Gasteiger partial charge is 0.391 e. The Morgan fingerprint density at radius 1 is 0.973 bits per heavy atom. The van der Waals surface area contributed by atoms with E-state index in [2.05, 4.69) is 41.2 Å². The standard InChI is InChI=1S/C29H36N4O4/c1-31(20-22-7-3-2-4-8-22)16-13-21-14-17-32(18-15-21)29(36)37-26-12-11-23(19-30-26)33-27(34)24-9-5-6-10-25(24)28(33)35/h2-4,7-8,11-12,19,21,24-25H,5-6,9-10,13-18,20H2,1H3. The fraction of sp³-hybridized carbons (Fsp3) is 0.517. The molecule has 196 valence electrons. The third-order valence-corrected chi connectivity index (χ3v) is 8.10. The molecule has 2 aromatic rings. The van der Waals surface area contributed by atoms with Gasteiger partial charge in [0, 0.05) is 25.7 Å². The molecule has 37 heavy (non-hydrogen) atoms. The van der Waals surface area contributed by atoms with E-state index in [1.165, 1.54) is 16.7 Å². The number of hydrogen-bond acceptors (Lipinski definition) is 6. The Morgan fingerprint density at radius 3 is 2.27 bits per heavy atom. The molecule has 0 N–H and O–H groups in total. The third-order valence-electron chi connectivity index (χ3n) is 8.10. The maximum atomic E-state index is 12.8. The highest BCUT2D eigenvalue weighted by atomic mass is 16.6. The third kappa shape index (κ3) is 5.85. The highest BCUT2D eigenvalue weighted by Crippen LogP contribution is 2.40. The van der Waals surface area contributed by atoms with Crippen LogP contribution in [0.3, 0.4) is 0 Å². The molecule has 8 heteroatoms. The molecule has 3 fully saturated rings. The first kappa shape index (κ1) is 25.4. The van der Waals surface area contributed by atoms with Crippen molar-refractivity contribution in [2.24, 2.45) is 17.8 Å². The first-order chi connectivity index (χ1) is 18.0. The minimum Gasteiger partial charge on any atom is -0.391 e. The normalized spacial score (nSPS) is 22.4. The molecular formula is C29H36N4O4. The monoisotopic (exact) mass is 504 g/mol. The Balaban J connectivity index is 1.07. The summed E-state index contributed by atoms with van der Waals surface area (Å²) in [4.78, 5) is 47.9. The van der Waals surface area contributed by atoms with E-state index in [9.17, 15) is 14.4 Å². The summed E-state index contributed by atoms with van der Waals surface area (Å²) in [6.45, 7) is 3.32. The van der Waals surface area contributed by atoms with Crippen LogP contribution in [0, 0.1) is 17.8 Å². The summed E-state index contributed by atoms with van der Waals surface area (Å²) in [6, 6.07) is 13.7. The van der Waals surface area contributed by atoms with E-state index in [0.717, 1.165) is 58.0 Å². The maximum Gasteiger partial charge on any atom is 0.416 e. The molecule has 2 aliphatic heterocycles. The lowest BCUT2D eigenvalue weighted by atomic mass is 9.81. The fourth-order valence-corrected chi connectivity index (χ4v) is 5.92. The molecule has 0 radical (unpaired) electrons. The summed E-state index contributed by atoms with van der Waals surface area (Å²) < 4.78 is 5.50. The van der Waals surface area contributed by atoms with Crippen molar-refractivity contribution in [1.29, 1.82) is 0 Å². The number of anilines is 1. The van der Waals surface area contributed by atoms with E-state index < -0.39 is 6.09 Å². The zero-order valence-electron chi connectivity index (χ0n) is 21.6. The van der Waals surface area contributed by atoms with Crippen LogP contribution in [-0.4, -0.2) is 59.4 Å². The number of hydrogen-bond donors (Lipinski definition) is 0. The number of benzene rings is 1. The first-order valence-electron chi connectivity index (χ1n) is 13.5. The van der Waals surface area contributed by atoms with Crippen molar-refractivity contribution in [1.82, 2.24) is 14.8 Å². The predicted octanol–water partition coefficient (Wildman–Crippen LogP) is 4.49. The van der Waals surface area contributed by atoms with Crippen LogP contribution in [0.15, 0.2) is 48.7 Å². The molecular weight excluding hydrogens is 468 g/mol. The van der Waals surface area contributed by atoms with Gasteiger partial charge in [0.25, 0.3) is 0 Å². The summed E-state index contributed by atoms with van der Waals surface area (Å²) in [7, 11) is 2.15. The molecule has 0 bridgehead atoms. The summed E-state index contributed by atoms with van der Waals surface area (Å²) >= 11 is 0. The van der Waals surface area contributed by atoms with Crippen molar-refractivity contribution >= 4 is 23.6 Å². The summed E-state index contributed by atoms with van der Waals surface area (Å²) in [5.41, 5.74) is 1.77. The minimum absolute atomic E-state index is 0.129. The van der Waals surface area contributed by atoms with Gasteiger partial charge in [-0.25, -0.2) is 14.7 Å². The van der Waals surface area contributed by atoms with E-state index in [0.29, 0.717) is 24.7 Å². The SMILES string of the molecule is CN(CCC1CCN(C(=O)Oc2ccc(N3C(=O)C4CCCCC4C3=O)cn2)CC1)Cc1ccccc1. The number of piperidine rings is 1. The van der Waals surface area contributed by atoms with Crippen LogP contribution in [-0.2, 0) is 16.1 Å². The van der Waals surface area contributed by atoms with Crippen molar-refractivity contribution in [3.63, 3.8) is 0 Å². The Kier molecular flexibility index (Phi) is 7.84. The van der Waals surface area contributed by atoms with Gasteiger partial charge >= 0.3 is 6.09 Å². The molecule has 8 nitrogen and oxygen atoms in total. The maximum absolute atomic E-state index is 12.8. The summed E-state index contributed by atoms with van der Waals surface area (Å²) in [5.74, 6) is 0.108. The zero-order valence-corrected chi connectivity index (χ0v) is 21.6. The molecule has 3 amide bonds. The molecule has 1 aromatic heterocycles. The molecule has 5 rings (SSSR count). The molecule has 2 unspecified atom stereocenters. The van der Waals surface area contributed by atoms with Gasteiger partial charge in [-0.3, -0.25) is 9.59 Å². The van der Waals surface area contributed by atoms with E-state index >= 15 is 0 Å². The number of pyridine rings is 1. The fourth-order valence-electron chi connectivity index (χ4n) is 5.92. The number of imide groups is 1. The second-order valence-corrected chi connectivity index (χ2v) is 10.7. The number of fused-ring (bicyclic) bond motifs is 1.